The van der Waals surface area contributed by atoms with Gasteiger partial charge in [-0.05, 0) is 126 Å². The summed E-state index contributed by atoms with van der Waals surface area (Å²) in [7, 11) is 6.98. The van der Waals surface area contributed by atoms with E-state index in [1.165, 1.54) is 5.69 Å². The van der Waals surface area contributed by atoms with Crippen LogP contribution in [0.4, 0.5) is 0 Å². The van der Waals surface area contributed by atoms with Gasteiger partial charge in [0.1, 0.15) is 11.6 Å². The predicted molar refractivity (Wildman–Crippen MR) is 235 cm³/mol. The van der Waals surface area contributed by atoms with Gasteiger partial charge in [0, 0.05) is 11.3 Å². The highest BCUT2D eigenvalue weighted by molar-refractivity contribution is 6.13. The van der Waals surface area contributed by atoms with E-state index in [1.807, 2.05) is 36.4 Å². The zero-order chi connectivity index (χ0) is 38.7. The summed E-state index contributed by atoms with van der Waals surface area (Å²) in [6.45, 7) is 2.06. The molecule has 2 atom stereocenters. The third-order valence-corrected chi connectivity index (χ3v) is 10.9. The molecule has 5 aromatic carbocycles. The normalized spacial score (nSPS) is 15.6. The van der Waals surface area contributed by atoms with Crippen molar-refractivity contribution in [3.63, 3.8) is 0 Å². The molecule has 2 heterocycles. The van der Waals surface area contributed by atoms with Crippen molar-refractivity contribution in [2.24, 2.45) is 0 Å². The van der Waals surface area contributed by atoms with Gasteiger partial charge in [-0.25, -0.2) is 9.97 Å². The van der Waals surface area contributed by atoms with Gasteiger partial charge in [-0.3, -0.25) is 0 Å². The summed E-state index contributed by atoms with van der Waals surface area (Å²) in [5.41, 5.74) is 13.5. The van der Waals surface area contributed by atoms with E-state index in [1.54, 1.807) is 0 Å². The average molecular weight is 734 g/mol. The smallest absolute Gasteiger partial charge is 0.141 e. The van der Waals surface area contributed by atoms with Gasteiger partial charge in [0.05, 0.1) is 47.9 Å². The quantitative estimate of drug-likeness (QED) is 0.110. The second-order valence-electron chi connectivity index (χ2n) is 14.5. The molecule has 0 saturated carbocycles. The van der Waals surface area contributed by atoms with Gasteiger partial charge < -0.3 is 9.13 Å². The van der Waals surface area contributed by atoms with E-state index in [0.717, 1.165) is 92.3 Å². The Bertz CT molecular complexity index is 2790. The lowest BCUT2D eigenvalue weighted by Crippen LogP contribution is -2.09. The highest BCUT2D eigenvalue weighted by Crippen LogP contribution is 2.36. The van der Waals surface area contributed by atoms with Crippen molar-refractivity contribution in [2.45, 2.75) is 38.0 Å². The molecule has 2 aromatic heterocycles. The molecule has 57 heavy (non-hydrogen) atoms. The van der Waals surface area contributed by atoms with Gasteiger partial charge in [0.25, 0.3) is 0 Å². The highest BCUT2D eigenvalue weighted by Gasteiger charge is 2.22. The number of fused-ring (bicyclic) bond motifs is 2. The minimum Gasteiger partial charge on any atom is -0.317 e. The molecule has 0 fully saturated rings. The lowest BCUT2D eigenvalue weighted by atomic mass is 9.85. The van der Waals surface area contributed by atoms with E-state index < -0.39 is 5.82 Å². The molecule has 2 aliphatic rings. The Morgan fingerprint density at radius 1 is 0.807 bits per heavy atom. The number of aromatic nitrogens is 4. The van der Waals surface area contributed by atoms with E-state index in [9.17, 15) is 5.26 Å². The maximum Gasteiger partial charge on any atom is 0.141 e. The van der Waals surface area contributed by atoms with E-state index in [4.69, 9.17) is 17.8 Å². The number of nitrogens with zero attached hydrogens (tertiary/aromatic N) is 5. The van der Waals surface area contributed by atoms with E-state index >= 15 is 0 Å². The molecule has 6 heteroatoms. The van der Waals surface area contributed by atoms with Crippen LogP contribution in [0, 0.1) is 11.3 Å². The number of benzene rings is 5. The van der Waals surface area contributed by atoms with Gasteiger partial charge in [-0.2, -0.15) is 5.26 Å². The van der Waals surface area contributed by atoms with Crippen LogP contribution in [-0.2, 0) is 6.42 Å². The first-order valence-corrected chi connectivity index (χ1v) is 19.6. The Labute approximate surface area is 335 Å². The monoisotopic (exact) mass is 733 g/mol. The van der Waals surface area contributed by atoms with Crippen molar-refractivity contribution in [1.29, 1.82) is 5.26 Å². The van der Waals surface area contributed by atoms with E-state index in [-0.39, 0.29) is 6.04 Å². The molecule has 2 radical (unpaired) electrons. The third kappa shape index (κ3) is 7.05. The van der Waals surface area contributed by atoms with Crippen LogP contribution in [0.2, 0.25) is 0 Å². The standard InChI is InChI=1S/C51H40BN5/c1-2-36(29-30-45(52)51-55-47-18-10-12-20-49(47)57(51)44-15-7-4-8-16-44)40-31-41(37-23-21-35(34-53)22-24-37)33-42(32-40)38-25-27-39(28-26-38)50-54-46-17-9-11-19-48(46)56(50)43-13-5-3-6-14-43/h2-11,13,15-19,21-33,43,45H,12,14,20H2,1H3/b30-29-,36-2+. The van der Waals surface area contributed by atoms with Crippen molar-refractivity contribution >= 4 is 30.5 Å². The summed E-state index contributed by atoms with van der Waals surface area (Å²) in [4.78, 5) is 10.2. The lowest BCUT2D eigenvalue weighted by molar-refractivity contribution is 0.631. The molecule has 9 rings (SSSR count). The van der Waals surface area contributed by atoms with Gasteiger partial charge in [0.15, 0.2) is 0 Å². The number of hydrogen-bond acceptors (Lipinski definition) is 3. The number of rotatable bonds is 9. The molecule has 0 spiro atoms. The van der Waals surface area contributed by atoms with Gasteiger partial charge in [0.2, 0.25) is 0 Å². The highest BCUT2D eigenvalue weighted by atomic mass is 15.1. The van der Waals surface area contributed by atoms with Crippen LogP contribution < -0.4 is 0 Å². The first kappa shape index (κ1) is 35.7. The second-order valence-corrected chi connectivity index (χ2v) is 14.5. The first-order chi connectivity index (χ1) is 28.1. The molecule has 0 aliphatic heterocycles. The topological polar surface area (TPSA) is 59.4 Å². The maximum atomic E-state index is 9.50. The summed E-state index contributed by atoms with van der Waals surface area (Å²) in [5, 5.41) is 9.50. The van der Waals surface area contributed by atoms with Crippen LogP contribution in [0.3, 0.4) is 0 Å². The Hall–Kier alpha value is -6.97. The molecule has 272 valence electrons. The van der Waals surface area contributed by atoms with Gasteiger partial charge in [-0.1, -0.05) is 115 Å². The van der Waals surface area contributed by atoms with Crippen molar-refractivity contribution in [3.8, 4) is 45.4 Å². The van der Waals surface area contributed by atoms with Crippen molar-refractivity contribution in [2.75, 3.05) is 0 Å². The zero-order valence-corrected chi connectivity index (χ0v) is 31.8. The molecular formula is C51H40BN5. The number of allylic oxidation sites excluding steroid dienone is 9. The van der Waals surface area contributed by atoms with Crippen LogP contribution in [0.15, 0.2) is 170 Å². The summed E-state index contributed by atoms with van der Waals surface area (Å²) >= 11 is 0. The minimum absolute atomic E-state index is 0.199. The van der Waals surface area contributed by atoms with Crippen molar-refractivity contribution < 1.29 is 0 Å². The number of hydrogen-bond donors (Lipinski definition) is 0. The number of imidazole rings is 2. The minimum atomic E-state index is -0.433. The molecule has 2 unspecified atom stereocenters. The first-order valence-electron chi connectivity index (χ1n) is 19.6. The lowest BCUT2D eigenvalue weighted by Gasteiger charge is -2.19. The molecule has 0 N–H and O–H groups in total. The van der Waals surface area contributed by atoms with Gasteiger partial charge in [-0.15, -0.1) is 0 Å². The van der Waals surface area contributed by atoms with Crippen LogP contribution >= 0.6 is 0 Å². The van der Waals surface area contributed by atoms with Gasteiger partial charge >= 0.3 is 0 Å². The summed E-state index contributed by atoms with van der Waals surface area (Å²) in [6.07, 6.45) is 22.1. The fourth-order valence-corrected chi connectivity index (χ4v) is 8.04. The fourth-order valence-electron chi connectivity index (χ4n) is 8.04. The average Bonchev–Trinajstić information content (AvgIpc) is 3.87. The summed E-state index contributed by atoms with van der Waals surface area (Å²) in [5.74, 6) is 1.35. The Morgan fingerprint density at radius 3 is 2.25 bits per heavy atom. The molecule has 7 aromatic rings. The number of nitriles is 1. The molecule has 2 aliphatic carbocycles. The summed E-state index contributed by atoms with van der Waals surface area (Å²) in [6, 6.07) is 44.4. The largest absolute Gasteiger partial charge is 0.317 e. The number of para-hydroxylation sites is 3. The third-order valence-electron chi connectivity index (χ3n) is 10.9. The van der Waals surface area contributed by atoms with Crippen molar-refractivity contribution in [3.05, 3.63) is 198 Å². The molecule has 0 saturated heterocycles. The molecular weight excluding hydrogens is 693 g/mol. The van der Waals surface area contributed by atoms with Crippen LogP contribution in [0.1, 0.15) is 60.0 Å². The predicted octanol–water partition coefficient (Wildman–Crippen LogP) is 12.0. The maximum absolute atomic E-state index is 9.50. The fraction of sp³-hybridized carbons (Fsp3) is 0.118. The Balaban J connectivity index is 1.08. The van der Waals surface area contributed by atoms with E-state index in [0.29, 0.717) is 5.56 Å². The Kier molecular flexibility index (Phi) is 9.81. The van der Waals surface area contributed by atoms with Crippen LogP contribution in [-0.4, -0.2) is 26.9 Å². The Morgan fingerprint density at radius 2 is 1.53 bits per heavy atom. The SMILES string of the molecule is [B]C(/C=C\C(=C/C)c1cc(-c2ccc(C#N)cc2)cc(-c2ccc(-c3nc4ccccc4n3C3C=CC=CC3)cc2)c1)c1nc2c(n1-c1ccccc1)CCC=C2. The second kappa shape index (κ2) is 15.6. The van der Waals surface area contributed by atoms with E-state index in [2.05, 4.69) is 162 Å². The molecule has 5 nitrogen and oxygen atoms in total. The van der Waals surface area contributed by atoms with Crippen LogP contribution in [0.5, 0.6) is 0 Å². The summed E-state index contributed by atoms with van der Waals surface area (Å²) < 4.78 is 4.59. The van der Waals surface area contributed by atoms with Crippen LogP contribution in [0.25, 0.3) is 62.0 Å². The van der Waals surface area contributed by atoms with Crippen molar-refractivity contribution in [1.82, 2.24) is 19.1 Å². The molecule has 0 bridgehead atoms. The molecule has 0 amide bonds. The zero-order valence-electron chi connectivity index (χ0n) is 31.8.